The standard InChI is InChI=1S/C12H19NO3/c1-2-8-13-10(14)9-12(11(15)16)6-4-3-5-7-12/h2H,1,3-9H2,(H,13,14)(H,15,16). The molecule has 4 heteroatoms. The minimum absolute atomic E-state index is 0.0934. The van der Waals surface area contributed by atoms with Gasteiger partial charge in [-0.2, -0.15) is 0 Å². The molecule has 2 N–H and O–H groups in total. The smallest absolute Gasteiger partial charge is 0.310 e. The van der Waals surface area contributed by atoms with Crippen LogP contribution in [-0.2, 0) is 9.59 Å². The van der Waals surface area contributed by atoms with Gasteiger partial charge in [-0.25, -0.2) is 0 Å². The van der Waals surface area contributed by atoms with Crippen molar-refractivity contribution in [2.24, 2.45) is 5.41 Å². The molecule has 0 unspecified atom stereocenters. The predicted octanol–water partition coefficient (Wildman–Crippen LogP) is 1.71. The maximum absolute atomic E-state index is 11.6. The van der Waals surface area contributed by atoms with E-state index in [9.17, 15) is 14.7 Å². The van der Waals surface area contributed by atoms with Gasteiger partial charge in [0, 0.05) is 13.0 Å². The second-order valence-corrected chi connectivity index (χ2v) is 4.42. The van der Waals surface area contributed by atoms with Gasteiger partial charge in [0.15, 0.2) is 0 Å². The summed E-state index contributed by atoms with van der Waals surface area (Å²) < 4.78 is 0. The summed E-state index contributed by atoms with van der Waals surface area (Å²) in [5, 5.41) is 11.9. The van der Waals surface area contributed by atoms with Crippen molar-refractivity contribution in [3.8, 4) is 0 Å². The van der Waals surface area contributed by atoms with Gasteiger partial charge in [-0.1, -0.05) is 25.3 Å². The first-order chi connectivity index (χ1) is 7.60. The first-order valence-corrected chi connectivity index (χ1v) is 5.72. The van der Waals surface area contributed by atoms with Crippen LogP contribution in [0.1, 0.15) is 38.5 Å². The molecule has 16 heavy (non-hydrogen) atoms. The molecule has 0 spiro atoms. The lowest BCUT2D eigenvalue weighted by Crippen LogP contribution is -2.39. The van der Waals surface area contributed by atoms with E-state index < -0.39 is 11.4 Å². The summed E-state index contributed by atoms with van der Waals surface area (Å²) in [6.07, 6.45) is 5.79. The molecule has 0 saturated heterocycles. The van der Waals surface area contributed by atoms with Gasteiger partial charge in [-0.3, -0.25) is 9.59 Å². The fourth-order valence-electron chi connectivity index (χ4n) is 2.25. The number of hydrogen-bond donors (Lipinski definition) is 2. The van der Waals surface area contributed by atoms with E-state index in [-0.39, 0.29) is 12.3 Å². The van der Waals surface area contributed by atoms with Crippen LogP contribution in [0.4, 0.5) is 0 Å². The Bertz CT molecular complexity index is 280. The van der Waals surface area contributed by atoms with Crippen LogP contribution in [0.25, 0.3) is 0 Å². The second kappa shape index (κ2) is 5.68. The molecule has 0 radical (unpaired) electrons. The van der Waals surface area contributed by atoms with Gasteiger partial charge >= 0.3 is 5.97 Å². The van der Waals surface area contributed by atoms with E-state index in [4.69, 9.17) is 0 Å². The van der Waals surface area contributed by atoms with Gasteiger partial charge in [-0.15, -0.1) is 6.58 Å². The fraction of sp³-hybridized carbons (Fsp3) is 0.667. The molecular weight excluding hydrogens is 206 g/mol. The molecule has 0 aromatic carbocycles. The van der Waals surface area contributed by atoms with Crippen molar-refractivity contribution in [2.75, 3.05) is 6.54 Å². The van der Waals surface area contributed by atoms with Crippen molar-refractivity contribution in [3.63, 3.8) is 0 Å². The van der Waals surface area contributed by atoms with Crippen molar-refractivity contribution < 1.29 is 14.7 Å². The fourth-order valence-corrected chi connectivity index (χ4v) is 2.25. The summed E-state index contributed by atoms with van der Waals surface area (Å²) in [7, 11) is 0. The number of amides is 1. The molecule has 1 aliphatic carbocycles. The van der Waals surface area contributed by atoms with Crippen LogP contribution in [0.5, 0.6) is 0 Å². The topological polar surface area (TPSA) is 66.4 Å². The van der Waals surface area contributed by atoms with Crippen LogP contribution in [0.3, 0.4) is 0 Å². The second-order valence-electron chi connectivity index (χ2n) is 4.42. The lowest BCUT2D eigenvalue weighted by atomic mass is 9.71. The van der Waals surface area contributed by atoms with Crippen LogP contribution in [0, 0.1) is 5.41 Å². The number of carbonyl (C=O) groups is 2. The highest BCUT2D eigenvalue weighted by molar-refractivity contribution is 5.85. The third-order valence-corrected chi connectivity index (χ3v) is 3.21. The molecule has 0 aromatic rings. The van der Waals surface area contributed by atoms with E-state index in [0.29, 0.717) is 19.4 Å². The van der Waals surface area contributed by atoms with Crippen molar-refractivity contribution in [3.05, 3.63) is 12.7 Å². The van der Waals surface area contributed by atoms with Gasteiger partial charge in [0.2, 0.25) is 5.91 Å². The van der Waals surface area contributed by atoms with E-state index >= 15 is 0 Å². The molecule has 0 atom stereocenters. The first kappa shape index (κ1) is 12.7. The van der Waals surface area contributed by atoms with E-state index in [1.165, 1.54) is 0 Å². The Morgan fingerprint density at radius 2 is 1.94 bits per heavy atom. The zero-order valence-electron chi connectivity index (χ0n) is 9.50. The number of carboxylic acid groups (broad SMARTS) is 1. The van der Waals surface area contributed by atoms with Gasteiger partial charge in [0.05, 0.1) is 5.41 Å². The van der Waals surface area contributed by atoms with E-state index in [1.807, 2.05) is 0 Å². The Morgan fingerprint density at radius 1 is 1.31 bits per heavy atom. The largest absolute Gasteiger partial charge is 0.481 e. The van der Waals surface area contributed by atoms with Gasteiger partial charge in [0.1, 0.15) is 0 Å². The summed E-state index contributed by atoms with van der Waals surface area (Å²) in [5.74, 6) is -1.02. The summed E-state index contributed by atoms with van der Waals surface area (Å²) in [4.78, 5) is 22.8. The Kier molecular flexibility index (Phi) is 4.52. The third kappa shape index (κ3) is 3.08. The number of aliphatic carboxylic acids is 1. The summed E-state index contributed by atoms with van der Waals surface area (Å²) in [5.41, 5.74) is -0.830. The molecule has 0 heterocycles. The highest BCUT2D eigenvalue weighted by Gasteiger charge is 2.41. The Morgan fingerprint density at radius 3 is 2.44 bits per heavy atom. The molecule has 0 aliphatic heterocycles. The van der Waals surface area contributed by atoms with Gasteiger partial charge in [0.25, 0.3) is 0 Å². The quantitative estimate of drug-likeness (QED) is 0.700. The number of nitrogens with one attached hydrogen (secondary N) is 1. The molecule has 4 nitrogen and oxygen atoms in total. The van der Waals surface area contributed by atoms with E-state index in [1.54, 1.807) is 6.08 Å². The monoisotopic (exact) mass is 225 g/mol. The third-order valence-electron chi connectivity index (χ3n) is 3.21. The van der Waals surface area contributed by atoms with Crippen LogP contribution in [-0.4, -0.2) is 23.5 Å². The minimum Gasteiger partial charge on any atom is -0.481 e. The summed E-state index contributed by atoms with van der Waals surface area (Å²) >= 11 is 0. The van der Waals surface area contributed by atoms with Crippen molar-refractivity contribution >= 4 is 11.9 Å². The number of hydrogen-bond acceptors (Lipinski definition) is 2. The average Bonchev–Trinajstić information content (AvgIpc) is 2.27. The molecule has 1 rings (SSSR count). The maximum Gasteiger partial charge on any atom is 0.310 e. The normalized spacial score (nSPS) is 18.8. The lowest BCUT2D eigenvalue weighted by molar-refractivity contribution is -0.154. The Hall–Kier alpha value is -1.32. The first-order valence-electron chi connectivity index (χ1n) is 5.72. The summed E-state index contributed by atoms with van der Waals surface area (Å²) in [6, 6.07) is 0. The van der Waals surface area contributed by atoms with Crippen molar-refractivity contribution in [1.29, 1.82) is 0 Å². The molecule has 1 amide bonds. The van der Waals surface area contributed by atoms with E-state index in [2.05, 4.69) is 11.9 Å². The molecule has 0 aromatic heterocycles. The van der Waals surface area contributed by atoms with Crippen molar-refractivity contribution in [2.45, 2.75) is 38.5 Å². The predicted molar refractivity (Wildman–Crippen MR) is 61.0 cm³/mol. The Labute approximate surface area is 95.7 Å². The zero-order valence-corrected chi connectivity index (χ0v) is 9.50. The van der Waals surface area contributed by atoms with Crippen LogP contribution in [0.15, 0.2) is 12.7 Å². The SMILES string of the molecule is C=CCNC(=O)CC1(C(=O)O)CCCCC1. The van der Waals surface area contributed by atoms with E-state index in [0.717, 1.165) is 19.3 Å². The maximum atomic E-state index is 11.6. The molecule has 0 bridgehead atoms. The molecule has 1 saturated carbocycles. The highest BCUT2D eigenvalue weighted by Crippen LogP contribution is 2.39. The highest BCUT2D eigenvalue weighted by atomic mass is 16.4. The molecule has 1 fully saturated rings. The van der Waals surface area contributed by atoms with Crippen LogP contribution in [0.2, 0.25) is 0 Å². The average molecular weight is 225 g/mol. The van der Waals surface area contributed by atoms with Gasteiger partial charge in [-0.05, 0) is 12.8 Å². The van der Waals surface area contributed by atoms with Crippen LogP contribution < -0.4 is 5.32 Å². The van der Waals surface area contributed by atoms with Crippen molar-refractivity contribution in [1.82, 2.24) is 5.32 Å². The zero-order chi connectivity index (χ0) is 12.0. The molecular formula is C12H19NO3. The minimum atomic E-state index is -0.832. The molecule has 90 valence electrons. The molecule has 1 aliphatic rings. The van der Waals surface area contributed by atoms with Crippen LogP contribution >= 0.6 is 0 Å². The Balaban J connectivity index is 2.60. The van der Waals surface area contributed by atoms with Gasteiger partial charge < -0.3 is 10.4 Å². The summed E-state index contributed by atoms with van der Waals surface area (Å²) in [6.45, 7) is 3.90. The number of rotatable bonds is 5. The lowest BCUT2D eigenvalue weighted by Gasteiger charge is -2.32. The number of carboxylic acids is 1. The number of carbonyl (C=O) groups excluding carboxylic acids is 1.